The molecule has 1 unspecified atom stereocenters. The molecule has 0 heterocycles. The molecule has 1 aromatic rings. The van der Waals surface area contributed by atoms with Gasteiger partial charge >= 0.3 is 0 Å². The number of benzene rings is 1. The smallest absolute Gasteiger partial charge is 0.148 e. The molecule has 4 nitrogen and oxygen atoms in total. The number of hydrogen-bond acceptors (Lipinski definition) is 4. The van der Waals surface area contributed by atoms with Crippen LogP contribution in [0.25, 0.3) is 0 Å². The summed E-state index contributed by atoms with van der Waals surface area (Å²) in [6.45, 7) is 0. The number of sulfone groups is 1. The van der Waals surface area contributed by atoms with Gasteiger partial charge in [-0.2, -0.15) is 0 Å². The van der Waals surface area contributed by atoms with E-state index in [4.69, 9.17) is 10.5 Å². The van der Waals surface area contributed by atoms with Crippen LogP contribution in [0, 0.1) is 0 Å². The molecule has 6 heteroatoms. The van der Waals surface area contributed by atoms with Crippen LogP contribution in [0.3, 0.4) is 0 Å². The minimum absolute atomic E-state index is 0.0172. The van der Waals surface area contributed by atoms with Gasteiger partial charge in [0.25, 0.3) is 0 Å². The first-order valence-electron chi connectivity index (χ1n) is 5.07. The fourth-order valence-corrected chi connectivity index (χ4v) is 2.87. The number of rotatable bonds is 5. The SMILES string of the molecule is COc1ccc(Br)c(CC(N)CS(C)(=O)=O)c1. The Balaban J connectivity index is 2.80. The molecule has 0 amide bonds. The Bertz CT molecular complexity index is 487. The zero-order chi connectivity index (χ0) is 13.1. The summed E-state index contributed by atoms with van der Waals surface area (Å²) in [6.07, 6.45) is 1.68. The Hall–Kier alpha value is -0.590. The first-order chi connectivity index (χ1) is 7.81. The number of ether oxygens (including phenoxy) is 1. The lowest BCUT2D eigenvalue weighted by Crippen LogP contribution is -2.31. The van der Waals surface area contributed by atoms with Crippen LogP contribution in [0.15, 0.2) is 22.7 Å². The molecule has 0 aromatic heterocycles. The van der Waals surface area contributed by atoms with Crippen molar-refractivity contribution in [1.29, 1.82) is 0 Å². The van der Waals surface area contributed by atoms with Gasteiger partial charge in [-0.05, 0) is 30.2 Å². The van der Waals surface area contributed by atoms with E-state index in [0.717, 1.165) is 15.8 Å². The van der Waals surface area contributed by atoms with Crippen molar-refractivity contribution in [2.24, 2.45) is 5.73 Å². The standard InChI is InChI=1S/C11H16BrNO3S/c1-16-10-3-4-11(12)8(6-10)5-9(13)7-17(2,14)15/h3-4,6,9H,5,7,13H2,1-2H3. The van der Waals surface area contributed by atoms with Crippen molar-refractivity contribution in [1.82, 2.24) is 0 Å². The van der Waals surface area contributed by atoms with E-state index >= 15 is 0 Å². The predicted molar refractivity (Wildman–Crippen MR) is 72.1 cm³/mol. The van der Waals surface area contributed by atoms with Crippen molar-refractivity contribution >= 4 is 25.8 Å². The summed E-state index contributed by atoms with van der Waals surface area (Å²) in [7, 11) is -1.46. The highest BCUT2D eigenvalue weighted by Crippen LogP contribution is 2.23. The molecule has 1 rings (SSSR count). The molecule has 0 bridgehead atoms. The molecule has 96 valence electrons. The summed E-state index contributed by atoms with van der Waals surface area (Å²) in [5.74, 6) is 0.714. The Morgan fingerprint density at radius 1 is 1.47 bits per heavy atom. The van der Waals surface area contributed by atoms with E-state index in [1.54, 1.807) is 7.11 Å². The second kappa shape index (κ2) is 5.84. The maximum Gasteiger partial charge on any atom is 0.148 e. The van der Waals surface area contributed by atoms with E-state index in [9.17, 15) is 8.42 Å². The summed E-state index contributed by atoms with van der Waals surface area (Å²) in [4.78, 5) is 0. The zero-order valence-electron chi connectivity index (χ0n) is 9.81. The highest BCUT2D eigenvalue weighted by molar-refractivity contribution is 9.10. The third kappa shape index (κ3) is 5.06. The van der Waals surface area contributed by atoms with Crippen LogP contribution >= 0.6 is 15.9 Å². The van der Waals surface area contributed by atoms with Gasteiger partial charge in [0.2, 0.25) is 0 Å². The predicted octanol–water partition coefficient (Wildman–Crippen LogP) is 1.37. The third-order valence-electron chi connectivity index (χ3n) is 2.25. The van der Waals surface area contributed by atoms with Gasteiger partial charge < -0.3 is 10.5 Å². The Morgan fingerprint density at radius 2 is 2.12 bits per heavy atom. The lowest BCUT2D eigenvalue weighted by atomic mass is 10.1. The molecule has 1 aromatic carbocycles. The van der Waals surface area contributed by atoms with Crippen LogP contribution in [0.4, 0.5) is 0 Å². The van der Waals surface area contributed by atoms with Crippen LogP contribution in [-0.2, 0) is 16.3 Å². The Kier molecular flexibility index (Phi) is 4.97. The second-order valence-electron chi connectivity index (χ2n) is 4.01. The molecule has 0 saturated carbocycles. The molecule has 0 aliphatic rings. The number of nitrogens with two attached hydrogens (primary N) is 1. The minimum atomic E-state index is -3.04. The second-order valence-corrected chi connectivity index (χ2v) is 7.05. The molecular weight excluding hydrogens is 306 g/mol. The van der Waals surface area contributed by atoms with E-state index in [1.165, 1.54) is 6.26 Å². The topological polar surface area (TPSA) is 69.4 Å². The van der Waals surface area contributed by atoms with Gasteiger partial charge in [-0.3, -0.25) is 0 Å². The summed E-state index contributed by atoms with van der Waals surface area (Å²) in [5.41, 5.74) is 6.76. The van der Waals surface area contributed by atoms with Crippen molar-refractivity contribution in [2.75, 3.05) is 19.1 Å². The minimum Gasteiger partial charge on any atom is -0.497 e. The molecular formula is C11H16BrNO3S. The molecule has 0 fully saturated rings. The number of hydrogen-bond donors (Lipinski definition) is 1. The molecule has 0 aliphatic carbocycles. The van der Waals surface area contributed by atoms with Crippen molar-refractivity contribution in [3.05, 3.63) is 28.2 Å². The van der Waals surface area contributed by atoms with Crippen LogP contribution in [-0.4, -0.2) is 33.6 Å². The van der Waals surface area contributed by atoms with Crippen molar-refractivity contribution in [3.63, 3.8) is 0 Å². The maximum absolute atomic E-state index is 11.1. The Labute approximate surface area is 110 Å². The molecule has 0 radical (unpaired) electrons. The van der Waals surface area contributed by atoms with E-state index in [0.29, 0.717) is 6.42 Å². The van der Waals surface area contributed by atoms with Gasteiger partial charge in [0.15, 0.2) is 0 Å². The largest absolute Gasteiger partial charge is 0.497 e. The van der Waals surface area contributed by atoms with E-state index < -0.39 is 15.9 Å². The normalized spacial score (nSPS) is 13.4. The molecule has 0 aliphatic heterocycles. The highest BCUT2D eigenvalue weighted by atomic mass is 79.9. The lowest BCUT2D eigenvalue weighted by molar-refractivity contribution is 0.414. The first-order valence-corrected chi connectivity index (χ1v) is 7.93. The van der Waals surface area contributed by atoms with E-state index in [1.807, 2.05) is 18.2 Å². The molecule has 17 heavy (non-hydrogen) atoms. The molecule has 0 spiro atoms. The summed E-state index contributed by atoms with van der Waals surface area (Å²) in [5, 5.41) is 0. The van der Waals surface area contributed by atoms with Gasteiger partial charge in [-0.15, -0.1) is 0 Å². The lowest BCUT2D eigenvalue weighted by Gasteiger charge is -2.12. The van der Waals surface area contributed by atoms with Crippen molar-refractivity contribution in [3.8, 4) is 5.75 Å². The monoisotopic (exact) mass is 321 g/mol. The fourth-order valence-electron chi connectivity index (χ4n) is 1.56. The maximum atomic E-state index is 11.1. The molecule has 2 N–H and O–H groups in total. The quantitative estimate of drug-likeness (QED) is 0.889. The highest BCUT2D eigenvalue weighted by Gasteiger charge is 2.13. The van der Waals surface area contributed by atoms with Gasteiger partial charge in [0.1, 0.15) is 15.6 Å². The molecule has 1 atom stereocenters. The third-order valence-corrected chi connectivity index (χ3v) is 4.06. The number of methoxy groups -OCH3 is 1. The van der Waals surface area contributed by atoms with Crippen molar-refractivity contribution in [2.45, 2.75) is 12.5 Å². The van der Waals surface area contributed by atoms with Gasteiger partial charge in [0, 0.05) is 16.8 Å². The van der Waals surface area contributed by atoms with Crippen LogP contribution in [0.2, 0.25) is 0 Å². The zero-order valence-corrected chi connectivity index (χ0v) is 12.2. The van der Waals surface area contributed by atoms with Gasteiger partial charge in [-0.1, -0.05) is 15.9 Å². The first kappa shape index (κ1) is 14.5. The van der Waals surface area contributed by atoms with Gasteiger partial charge in [-0.25, -0.2) is 8.42 Å². The Morgan fingerprint density at radius 3 is 2.65 bits per heavy atom. The van der Waals surface area contributed by atoms with Gasteiger partial charge in [0.05, 0.1) is 12.9 Å². The van der Waals surface area contributed by atoms with Crippen LogP contribution in [0.5, 0.6) is 5.75 Å². The van der Waals surface area contributed by atoms with Crippen LogP contribution < -0.4 is 10.5 Å². The van der Waals surface area contributed by atoms with E-state index in [2.05, 4.69) is 15.9 Å². The molecule has 0 saturated heterocycles. The summed E-state index contributed by atoms with van der Waals surface area (Å²) < 4.78 is 28.3. The average molecular weight is 322 g/mol. The summed E-state index contributed by atoms with van der Waals surface area (Å²) in [6, 6.07) is 5.14. The fraction of sp³-hybridized carbons (Fsp3) is 0.455. The number of halogens is 1. The summed E-state index contributed by atoms with van der Waals surface area (Å²) >= 11 is 3.41. The van der Waals surface area contributed by atoms with Crippen molar-refractivity contribution < 1.29 is 13.2 Å². The average Bonchev–Trinajstić information content (AvgIpc) is 2.18. The van der Waals surface area contributed by atoms with Crippen LogP contribution in [0.1, 0.15) is 5.56 Å². The van der Waals surface area contributed by atoms with E-state index in [-0.39, 0.29) is 5.75 Å².